The van der Waals surface area contributed by atoms with E-state index >= 15 is 0 Å². The van der Waals surface area contributed by atoms with Crippen LogP contribution < -0.4 is 5.73 Å². The molecule has 0 bridgehead atoms. The zero-order valence-electron chi connectivity index (χ0n) is 16.2. The Labute approximate surface area is 175 Å². The van der Waals surface area contributed by atoms with Crippen LogP contribution >= 0.6 is 11.3 Å². The number of halogens is 3. The van der Waals surface area contributed by atoms with Gasteiger partial charge in [0.15, 0.2) is 0 Å². The third kappa shape index (κ3) is 5.19. The molecule has 0 unspecified atom stereocenters. The Morgan fingerprint density at radius 3 is 2.83 bits per heavy atom. The number of aliphatic imine (C=N–C) groups is 1. The quantitative estimate of drug-likeness (QED) is 0.702. The molecular formula is C20H20F3N5OS. The largest absolute Gasteiger partial charge is 0.432 e. The van der Waals surface area contributed by atoms with E-state index in [0.717, 1.165) is 40.3 Å². The smallest absolute Gasteiger partial charge is 0.364 e. The molecule has 1 aliphatic rings. The van der Waals surface area contributed by atoms with Gasteiger partial charge in [0.05, 0.1) is 5.69 Å². The average Bonchev–Trinajstić information content (AvgIpc) is 3.11. The van der Waals surface area contributed by atoms with Crippen molar-refractivity contribution in [3.05, 3.63) is 58.5 Å². The first kappa shape index (κ1) is 21.8. The molecule has 0 radical (unpaired) electrons. The highest BCUT2D eigenvalue weighted by atomic mass is 32.1. The van der Waals surface area contributed by atoms with Crippen molar-refractivity contribution in [1.29, 1.82) is 0 Å². The van der Waals surface area contributed by atoms with Crippen LogP contribution in [0.5, 0.6) is 0 Å². The van der Waals surface area contributed by atoms with Gasteiger partial charge in [-0.1, -0.05) is 12.7 Å². The summed E-state index contributed by atoms with van der Waals surface area (Å²) < 4.78 is 37.0. The molecule has 3 rings (SSSR count). The number of pyridine rings is 1. The topological polar surface area (TPSA) is 84.5 Å². The molecule has 0 atom stereocenters. The van der Waals surface area contributed by atoms with E-state index in [1.807, 2.05) is 12.3 Å². The number of carbonyl (C=O) groups is 1. The first-order chi connectivity index (χ1) is 14.1. The summed E-state index contributed by atoms with van der Waals surface area (Å²) >= 11 is 1.50. The highest BCUT2D eigenvalue weighted by Gasteiger charge is 2.31. The Kier molecular flexibility index (Phi) is 6.47. The zero-order valence-corrected chi connectivity index (χ0v) is 17.1. The second-order valence-electron chi connectivity index (χ2n) is 6.77. The van der Waals surface area contributed by atoms with Crippen molar-refractivity contribution in [3.63, 3.8) is 0 Å². The predicted octanol–water partition coefficient (Wildman–Crippen LogP) is 3.67. The van der Waals surface area contributed by atoms with Crippen LogP contribution in [0.25, 0.3) is 10.6 Å². The first-order valence-corrected chi connectivity index (χ1v) is 9.96. The summed E-state index contributed by atoms with van der Waals surface area (Å²) in [6, 6.07) is 1.69. The molecular weight excluding hydrogens is 415 g/mol. The van der Waals surface area contributed by atoms with Gasteiger partial charge in [0.1, 0.15) is 16.4 Å². The Bertz CT molecular complexity index is 1030. The van der Waals surface area contributed by atoms with Crippen molar-refractivity contribution in [3.8, 4) is 10.6 Å². The molecule has 0 aromatic carbocycles. The average molecular weight is 435 g/mol. The third-order valence-corrected chi connectivity index (χ3v) is 5.50. The highest BCUT2D eigenvalue weighted by molar-refractivity contribution is 7.13. The van der Waals surface area contributed by atoms with Crippen molar-refractivity contribution < 1.29 is 18.0 Å². The van der Waals surface area contributed by atoms with Gasteiger partial charge >= 0.3 is 6.18 Å². The van der Waals surface area contributed by atoms with Gasteiger partial charge < -0.3 is 5.73 Å². The van der Waals surface area contributed by atoms with Crippen molar-refractivity contribution >= 4 is 23.5 Å². The molecule has 0 fully saturated rings. The molecule has 0 saturated heterocycles. The van der Waals surface area contributed by atoms with Crippen molar-refractivity contribution in [2.45, 2.75) is 26.1 Å². The lowest BCUT2D eigenvalue weighted by molar-refractivity contribution is -0.0918. The molecule has 3 heterocycles. The molecule has 0 saturated carbocycles. The van der Waals surface area contributed by atoms with E-state index in [1.165, 1.54) is 17.4 Å². The molecule has 6 nitrogen and oxygen atoms in total. The molecule has 2 N–H and O–H groups in total. The van der Waals surface area contributed by atoms with Crippen LogP contribution in [-0.4, -0.2) is 46.3 Å². The first-order valence-electron chi connectivity index (χ1n) is 9.08. The number of hydrogen-bond donors (Lipinski definition) is 1. The Hall–Kier alpha value is -2.85. The molecule has 1 aliphatic heterocycles. The fraction of sp³-hybridized carbons (Fsp3) is 0.300. The second kappa shape index (κ2) is 8.88. The molecule has 30 heavy (non-hydrogen) atoms. The minimum absolute atomic E-state index is 0.187. The lowest BCUT2D eigenvalue weighted by Crippen LogP contribution is -2.32. The Morgan fingerprint density at radius 2 is 2.20 bits per heavy atom. The maximum absolute atomic E-state index is 12.3. The van der Waals surface area contributed by atoms with Crippen LogP contribution in [-0.2, 0) is 13.0 Å². The van der Waals surface area contributed by atoms with E-state index in [0.29, 0.717) is 19.5 Å². The second-order valence-corrected chi connectivity index (χ2v) is 7.63. The number of alkyl halides is 3. The number of aromatic nitrogens is 2. The lowest BCUT2D eigenvalue weighted by atomic mass is 9.98. The van der Waals surface area contributed by atoms with Gasteiger partial charge in [-0.05, 0) is 31.1 Å². The van der Waals surface area contributed by atoms with Gasteiger partial charge in [-0.3, -0.25) is 14.7 Å². The summed E-state index contributed by atoms with van der Waals surface area (Å²) in [6.07, 6.45) is 0.408. The highest BCUT2D eigenvalue weighted by Crippen LogP contribution is 2.32. The number of fused-ring (bicyclic) bond motifs is 1. The zero-order chi connectivity index (χ0) is 21.9. The summed E-state index contributed by atoms with van der Waals surface area (Å²) in [4.78, 5) is 26.0. The number of nitrogens with zero attached hydrogens (tertiary/aromatic N) is 4. The van der Waals surface area contributed by atoms with E-state index in [4.69, 9.17) is 5.73 Å². The van der Waals surface area contributed by atoms with Gasteiger partial charge in [0, 0.05) is 42.5 Å². The summed E-state index contributed by atoms with van der Waals surface area (Å²) in [5.41, 5.74) is 8.07. The minimum Gasteiger partial charge on any atom is -0.364 e. The molecule has 2 aromatic rings. The fourth-order valence-electron chi connectivity index (χ4n) is 3.02. The number of hydrogen-bond acceptors (Lipinski definition) is 6. The number of allylic oxidation sites excluding steroid dienone is 2. The van der Waals surface area contributed by atoms with E-state index < -0.39 is 17.8 Å². The predicted molar refractivity (Wildman–Crippen MR) is 110 cm³/mol. The minimum atomic E-state index is -4.53. The van der Waals surface area contributed by atoms with Crippen molar-refractivity contribution in [2.24, 2.45) is 10.7 Å². The summed E-state index contributed by atoms with van der Waals surface area (Å²) in [7, 11) is 0. The van der Waals surface area contributed by atoms with E-state index in [1.54, 1.807) is 12.1 Å². The molecule has 10 heteroatoms. The maximum Gasteiger partial charge on any atom is 0.432 e. The van der Waals surface area contributed by atoms with Gasteiger partial charge in [-0.2, -0.15) is 13.2 Å². The summed E-state index contributed by atoms with van der Waals surface area (Å²) in [5, 5.41) is 2.77. The lowest BCUT2D eigenvalue weighted by Gasteiger charge is -2.28. The van der Waals surface area contributed by atoms with Crippen LogP contribution in [0, 0.1) is 6.92 Å². The summed E-state index contributed by atoms with van der Waals surface area (Å²) in [5.74, 6) is -0.606. The normalized spacial score (nSPS) is 15.1. The SMILES string of the molecule is C=C(N=C/C=C/CN1CCc2c(-c3nc(C)cs3)cc(C(N)=O)nc2C1)C(F)(F)F. The van der Waals surface area contributed by atoms with Gasteiger partial charge in [0.2, 0.25) is 0 Å². The molecule has 158 valence electrons. The van der Waals surface area contributed by atoms with Crippen LogP contribution in [0.4, 0.5) is 13.2 Å². The number of carbonyl (C=O) groups excluding carboxylic acids is 1. The number of nitrogens with two attached hydrogens (primary N) is 1. The van der Waals surface area contributed by atoms with Gasteiger partial charge in [0.25, 0.3) is 5.91 Å². The standard InChI is InChI=1S/C20H20F3N5OS/c1-12-11-30-19(26-12)15-9-16(18(24)29)27-17-10-28(8-5-14(15)17)7-4-3-6-25-13(2)20(21,22)23/h3-4,6,9,11H,2,5,7-8,10H2,1H3,(H2,24,29)/b4-3+,25-6?. The van der Waals surface area contributed by atoms with E-state index in [-0.39, 0.29) is 5.69 Å². The summed E-state index contributed by atoms with van der Waals surface area (Å²) in [6.45, 7) is 6.51. The monoisotopic (exact) mass is 435 g/mol. The fourth-order valence-corrected chi connectivity index (χ4v) is 3.86. The number of primary amides is 1. The van der Waals surface area contributed by atoms with Crippen LogP contribution in [0.2, 0.25) is 0 Å². The number of thiazole rings is 1. The Morgan fingerprint density at radius 1 is 1.43 bits per heavy atom. The van der Waals surface area contributed by atoms with Crippen LogP contribution in [0.3, 0.4) is 0 Å². The van der Waals surface area contributed by atoms with Crippen molar-refractivity contribution in [2.75, 3.05) is 13.1 Å². The van der Waals surface area contributed by atoms with Crippen LogP contribution in [0.15, 0.2) is 40.9 Å². The van der Waals surface area contributed by atoms with E-state index in [9.17, 15) is 18.0 Å². The van der Waals surface area contributed by atoms with Gasteiger partial charge in [-0.15, -0.1) is 11.3 Å². The molecule has 0 spiro atoms. The maximum atomic E-state index is 12.3. The Balaban J connectivity index is 1.74. The third-order valence-electron chi connectivity index (χ3n) is 4.51. The number of aryl methyl sites for hydroxylation is 1. The number of rotatable bonds is 6. The van der Waals surface area contributed by atoms with E-state index in [2.05, 4.69) is 26.4 Å². The molecule has 0 aliphatic carbocycles. The van der Waals surface area contributed by atoms with Crippen molar-refractivity contribution in [1.82, 2.24) is 14.9 Å². The number of amides is 1. The van der Waals surface area contributed by atoms with Crippen LogP contribution in [0.1, 0.15) is 27.4 Å². The molecule has 2 aromatic heterocycles. The van der Waals surface area contributed by atoms with Gasteiger partial charge in [-0.25, -0.2) is 9.97 Å². The molecule has 1 amide bonds.